The third-order valence-electron chi connectivity index (χ3n) is 5.42. The van der Waals surface area contributed by atoms with Gasteiger partial charge in [-0.2, -0.15) is 13.2 Å². The van der Waals surface area contributed by atoms with Crippen LogP contribution in [0.2, 0.25) is 0 Å². The number of nitrogens with zero attached hydrogens (tertiary/aromatic N) is 2. The van der Waals surface area contributed by atoms with Crippen molar-refractivity contribution in [1.29, 1.82) is 0 Å². The molecule has 0 aliphatic carbocycles. The molecule has 30 heavy (non-hydrogen) atoms. The molecule has 0 saturated carbocycles. The van der Waals surface area contributed by atoms with Gasteiger partial charge in [-0.15, -0.1) is 4.40 Å². The molecular weight excluding hydrogens is 417 g/mol. The van der Waals surface area contributed by atoms with Crippen LogP contribution in [-0.4, -0.2) is 38.0 Å². The van der Waals surface area contributed by atoms with Crippen LogP contribution < -0.4 is 4.74 Å². The minimum absolute atomic E-state index is 0.0441. The largest absolute Gasteiger partial charge is 0.457 e. The molecule has 2 heterocycles. The van der Waals surface area contributed by atoms with E-state index in [9.17, 15) is 21.6 Å². The second kappa shape index (κ2) is 7.61. The molecule has 4 rings (SSSR count). The van der Waals surface area contributed by atoms with Crippen LogP contribution in [0.5, 0.6) is 11.5 Å². The van der Waals surface area contributed by atoms with Gasteiger partial charge < -0.3 is 9.64 Å². The van der Waals surface area contributed by atoms with Crippen molar-refractivity contribution in [3.63, 3.8) is 0 Å². The first-order valence-corrected chi connectivity index (χ1v) is 11.3. The molecule has 2 aliphatic heterocycles. The molecular formula is C21H21F3N2O3S. The van der Waals surface area contributed by atoms with E-state index in [1.807, 2.05) is 17.0 Å². The van der Waals surface area contributed by atoms with E-state index in [1.165, 1.54) is 6.07 Å². The minimum Gasteiger partial charge on any atom is -0.457 e. The van der Waals surface area contributed by atoms with Gasteiger partial charge in [0.05, 0.1) is 11.3 Å². The predicted octanol–water partition coefficient (Wildman–Crippen LogP) is 4.73. The van der Waals surface area contributed by atoms with E-state index in [2.05, 4.69) is 4.40 Å². The Labute approximate surface area is 173 Å². The first-order valence-electron chi connectivity index (χ1n) is 9.65. The minimum atomic E-state index is -4.39. The summed E-state index contributed by atoms with van der Waals surface area (Å²) in [5.41, 5.74) is 0.610. The van der Waals surface area contributed by atoms with Crippen LogP contribution in [0.15, 0.2) is 46.9 Å². The van der Waals surface area contributed by atoms with Gasteiger partial charge in [0.25, 0.3) is 10.0 Å². The lowest BCUT2D eigenvalue weighted by atomic mass is 9.89. The van der Waals surface area contributed by atoms with Gasteiger partial charge >= 0.3 is 6.18 Å². The van der Waals surface area contributed by atoms with Gasteiger partial charge in [0.15, 0.2) is 0 Å². The molecule has 0 aromatic heterocycles. The van der Waals surface area contributed by atoms with Crippen molar-refractivity contribution >= 4 is 15.9 Å². The number of sulfonamides is 1. The van der Waals surface area contributed by atoms with E-state index in [0.717, 1.165) is 37.1 Å². The van der Waals surface area contributed by atoms with Crippen LogP contribution in [0.4, 0.5) is 13.2 Å². The standard InChI is InChI=1S/C21H21F3N2O3S/c1-14-13-16(21(22,23)24)6-9-19(14)29-17-7-4-15(5-8-17)18-3-2-10-26-11-12-30(27,28)25-20(18)26/h4-9,13,18H,2-3,10-12H2,1H3. The Kier molecular flexibility index (Phi) is 5.25. The molecule has 2 aromatic rings. The molecule has 1 unspecified atom stereocenters. The Balaban J connectivity index is 1.54. The van der Waals surface area contributed by atoms with E-state index >= 15 is 0 Å². The summed E-state index contributed by atoms with van der Waals surface area (Å²) < 4.78 is 72.1. The number of alkyl halides is 3. The van der Waals surface area contributed by atoms with E-state index in [0.29, 0.717) is 29.4 Å². The number of halogens is 3. The van der Waals surface area contributed by atoms with Crippen molar-refractivity contribution in [2.75, 3.05) is 18.8 Å². The molecule has 0 amide bonds. The third-order valence-corrected chi connectivity index (χ3v) is 6.58. The highest BCUT2D eigenvalue weighted by molar-refractivity contribution is 7.90. The lowest BCUT2D eigenvalue weighted by Gasteiger charge is -2.37. The highest BCUT2D eigenvalue weighted by Crippen LogP contribution is 2.35. The van der Waals surface area contributed by atoms with Gasteiger partial charge in [-0.25, -0.2) is 8.42 Å². The first-order chi connectivity index (χ1) is 14.1. The average molecular weight is 438 g/mol. The summed E-state index contributed by atoms with van der Waals surface area (Å²) in [7, 11) is -3.42. The first kappa shape index (κ1) is 20.7. The van der Waals surface area contributed by atoms with Crippen molar-refractivity contribution in [2.45, 2.75) is 31.9 Å². The van der Waals surface area contributed by atoms with Crippen molar-refractivity contribution < 1.29 is 26.3 Å². The molecule has 1 atom stereocenters. The zero-order chi connectivity index (χ0) is 21.5. The molecule has 0 bridgehead atoms. The molecule has 2 aliphatic rings. The smallest absolute Gasteiger partial charge is 0.416 e. The van der Waals surface area contributed by atoms with Crippen molar-refractivity contribution in [3.05, 3.63) is 59.2 Å². The van der Waals surface area contributed by atoms with E-state index in [4.69, 9.17) is 4.74 Å². The highest BCUT2D eigenvalue weighted by Gasteiger charge is 2.33. The maximum Gasteiger partial charge on any atom is 0.416 e. The number of hydrogen-bond acceptors (Lipinski definition) is 4. The lowest BCUT2D eigenvalue weighted by molar-refractivity contribution is -0.137. The zero-order valence-corrected chi connectivity index (χ0v) is 17.1. The van der Waals surface area contributed by atoms with Crippen LogP contribution in [0.1, 0.15) is 35.4 Å². The highest BCUT2D eigenvalue weighted by atomic mass is 32.2. The van der Waals surface area contributed by atoms with Gasteiger partial charge in [-0.3, -0.25) is 0 Å². The topological polar surface area (TPSA) is 59.0 Å². The molecule has 160 valence electrons. The number of piperidine rings is 1. The fourth-order valence-corrected chi connectivity index (χ4v) is 4.93. The Hall–Kier alpha value is -2.55. The maximum absolute atomic E-state index is 12.8. The summed E-state index contributed by atoms with van der Waals surface area (Å²) in [5, 5.41) is 0. The zero-order valence-electron chi connectivity index (χ0n) is 16.3. The summed E-state index contributed by atoms with van der Waals surface area (Å²) in [6.07, 6.45) is -2.63. The number of ether oxygens (including phenoxy) is 1. The molecule has 2 aromatic carbocycles. The Morgan fingerprint density at radius 2 is 1.83 bits per heavy atom. The van der Waals surface area contributed by atoms with Crippen LogP contribution >= 0.6 is 0 Å². The average Bonchev–Trinajstić information content (AvgIpc) is 2.68. The van der Waals surface area contributed by atoms with E-state index in [1.54, 1.807) is 19.1 Å². The lowest BCUT2D eigenvalue weighted by Crippen LogP contribution is -2.46. The fourth-order valence-electron chi connectivity index (χ4n) is 3.86. The Morgan fingerprint density at radius 1 is 1.10 bits per heavy atom. The van der Waals surface area contributed by atoms with Gasteiger partial charge in [-0.1, -0.05) is 12.1 Å². The molecule has 1 fully saturated rings. The maximum atomic E-state index is 12.8. The van der Waals surface area contributed by atoms with Crippen LogP contribution in [0.25, 0.3) is 0 Å². The van der Waals surface area contributed by atoms with Crippen molar-refractivity contribution in [2.24, 2.45) is 4.40 Å². The Bertz CT molecular complexity index is 1080. The molecule has 0 radical (unpaired) electrons. The number of amidine groups is 1. The monoisotopic (exact) mass is 438 g/mol. The second-order valence-corrected chi connectivity index (χ2v) is 9.32. The van der Waals surface area contributed by atoms with Crippen LogP contribution in [0.3, 0.4) is 0 Å². The van der Waals surface area contributed by atoms with Gasteiger partial charge in [-0.05, 0) is 61.2 Å². The summed E-state index contributed by atoms with van der Waals surface area (Å²) in [6, 6.07) is 10.6. The molecule has 0 spiro atoms. The van der Waals surface area contributed by atoms with Gasteiger partial charge in [0.2, 0.25) is 0 Å². The molecule has 1 saturated heterocycles. The quantitative estimate of drug-likeness (QED) is 0.695. The summed E-state index contributed by atoms with van der Waals surface area (Å²) >= 11 is 0. The molecule has 0 N–H and O–H groups in total. The summed E-state index contributed by atoms with van der Waals surface area (Å²) in [4.78, 5) is 2.03. The van der Waals surface area contributed by atoms with Crippen molar-refractivity contribution in [3.8, 4) is 11.5 Å². The van der Waals surface area contributed by atoms with Crippen molar-refractivity contribution in [1.82, 2.24) is 4.90 Å². The SMILES string of the molecule is Cc1cc(C(F)(F)F)ccc1Oc1ccc(C2CCCN3CCS(=O)(=O)N=C23)cc1. The normalized spacial score (nSPS) is 21.0. The number of hydrogen-bond donors (Lipinski definition) is 0. The fraction of sp³-hybridized carbons (Fsp3) is 0.381. The van der Waals surface area contributed by atoms with Crippen LogP contribution in [0, 0.1) is 6.92 Å². The van der Waals surface area contributed by atoms with E-state index < -0.39 is 21.8 Å². The number of benzene rings is 2. The number of fused-ring (bicyclic) bond motifs is 1. The third kappa shape index (κ3) is 4.30. The van der Waals surface area contributed by atoms with Gasteiger partial charge in [0, 0.05) is 19.0 Å². The Morgan fingerprint density at radius 3 is 2.50 bits per heavy atom. The van der Waals surface area contributed by atoms with Crippen LogP contribution in [-0.2, 0) is 16.2 Å². The summed E-state index contributed by atoms with van der Waals surface area (Å²) in [6.45, 7) is 2.84. The van der Waals surface area contributed by atoms with E-state index in [-0.39, 0.29) is 11.7 Å². The molecule has 9 heteroatoms. The number of rotatable bonds is 3. The van der Waals surface area contributed by atoms with Gasteiger partial charge in [0.1, 0.15) is 17.3 Å². The second-order valence-electron chi connectivity index (χ2n) is 7.57. The molecule has 5 nitrogen and oxygen atoms in total. The predicted molar refractivity (Wildman–Crippen MR) is 107 cm³/mol. The summed E-state index contributed by atoms with van der Waals surface area (Å²) in [5.74, 6) is 1.38. The number of aryl methyl sites for hydroxylation is 1.